The van der Waals surface area contributed by atoms with Gasteiger partial charge in [0.1, 0.15) is 5.82 Å². The molecule has 1 unspecified atom stereocenters. The molecule has 2 N–H and O–H groups in total. The Kier molecular flexibility index (Phi) is 7.85. The molecule has 1 aliphatic rings. The Morgan fingerprint density at radius 3 is 2.54 bits per heavy atom. The maximum Gasteiger partial charge on any atom is 0.337 e. The van der Waals surface area contributed by atoms with Gasteiger partial charge in [-0.1, -0.05) is 30.3 Å². The van der Waals surface area contributed by atoms with Gasteiger partial charge in [-0.2, -0.15) is 10.2 Å². The van der Waals surface area contributed by atoms with Crippen molar-refractivity contribution < 1.29 is 28.6 Å². The zero-order valence-electron chi connectivity index (χ0n) is 26.5. The van der Waals surface area contributed by atoms with Crippen molar-refractivity contribution in [2.24, 2.45) is 7.05 Å². The number of fused-ring (bicyclic) bond motifs is 2. The number of anilines is 1. The van der Waals surface area contributed by atoms with Crippen molar-refractivity contribution in [2.45, 2.75) is 59.2 Å². The zero-order chi connectivity index (χ0) is 32.9. The van der Waals surface area contributed by atoms with Gasteiger partial charge in [0, 0.05) is 47.1 Å². The minimum absolute atomic E-state index is 0.0239. The molecule has 0 saturated carbocycles. The number of aliphatic carboxylic acids is 1. The quantitative estimate of drug-likeness (QED) is 0.222. The lowest BCUT2D eigenvalue weighted by Gasteiger charge is -2.28. The molecule has 0 saturated heterocycles. The number of carbonyl (C=O) groups is 2. The Morgan fingerprint density at radius 2 is 1.85 bits per heavy atom. The molecule has 1 atom stereocenters. The molecule has 2 aromatic carbocycles. The number of ether oxygens (including phenoxy) is 2. The van der Waals surface area contributed by atoms with Crippen LogP contribution in [0.15, 0.2) is 48.5 Å². The van der Waals surface area contributed by atoms with Crippen LogP contribution in [-0.4, -0.2) is 53.6 Å². The number of benzene rings is 2. The van der Waals surface area contributed by atoms with Crippen molar-refractivity contribution in [2.75, 3.05) is 11.9 Å². The molecule has 11 nitrogen and oxygen atoms in total. The Labute approximate surface area is 265 Å². The molecule has 4 heterocycles. The molecule has 46 heavy (non-hydrogen) atoms. The van der Waals surface area contributed by atoms with Crippen molar-refractivity contribution >= 4 is 23.3 Å². The summed E-state index contributed by atoms with van der Waals surface area (Å²) in [6.45, 7) is 9.18. The standard InChI is InChI=1S/C34H35FN6O5/c1-18-21-13-10-14-45-30(21)23(35)15-22(18)29-28(31(33(43)44)46-34(3,4)5)19(2)36-27-17-25(39-41(27)29)32(42)37-26-16-24(38-40(26)6)20-11-8-7-9-12-20/h7-9,11-12,15-17,31H,10,13-14H2,1-6H3,(H,37,42)(H,43,44). The van der Waals surface area contributed by atoms with Crippen LogP contribution in [-0.2, 0) is 23.0 Å². The molecule has 0 radical (unpaired) electrons. The lowest BCUT2D eigenvalue weighted by atomic mass is 9.91. The number of carbonyl (C=O) groups excluding carboxylic acids is 1. The molecule has 0 spiro atoms. The highest BCUT2D eigenvalue weighted by Crippen LogP contribution is 2.41. The van der Waals surface area contributed by atoms with E-state index in [9.17, 15) is 14.7 Å². The van der Waals surface area contributed by atoms with Gasteiger partial charge in [0.05, 0.1) is 23.6 Å². The van der Waals surface area contributed by atoms with Gasteiger partial charge in [-0.15, -0.1) is 0 Å². The highest BCUT2D eigenvalue weighted by atomic mass is 19.1. The molecule has 238 valence electrons. The number of rotatable bonds is 7. The number of aromatic nitrogens is 5. The van der Waals surface area contributed by atoms with Crippen molar-refractivity contribution in [3.05, 3.63) is 82.4 Å². The molecule has 12 heteroatoms. The average Bonchev–Trinajstić information content (AvgIpc) is 3.60. The third-order valence-electron chi connectivity index (χ3n) is 7.90. The highest BCUT2D eigenvalue weighted by molar-refractivity contribution is 6.03. The van der Waals surface area contributed by atoms with Gasteiger partial charge >= 0.3 is 5.97 Å². The van der Waals surface area contributed by atoms with Gasteiger partial charge in [0.15, 0.2) is 29.0 Å². The molecule has 6 rings (SSSR count). The topological polar surface area (TPSA) is 133 Å². The predicted octanol–water partition coefficient (Wildman–Crippen LogP) is 6.07. The second kappa shape index (κ2) is 11.7. The van der Waals surface area contributed by atoms with Gasteiger partial charge in [-0.3, -0.25) is 9.48 Å². The van der Waals surface area contributed by atoms with Crippen LogP contribution >= 0.6 is 0 Å². The fourth-order valence-electron chi connectivity index (χ4n) is 5.82. The Morgan fingerprint density at radius 1 is 1.11 bits per heavy atom. The van der Waals surface area contributed by atoms with E-state index in [-0.39, 0.29) is 28.3 Å². The molecular weight excluding hydrogens is 591 g/mol. The van der Waals surface area contributed by atoms with Crippen LogP contribution < -0.4 is 10.1 Å². The summed E-state index contributed by atoms with van der Waals surface area (Å²) in [7, 11) is 1.72. The third kappa shape index (κ3) is 5.71. The first-order valence-corrected chi connectivity index (χ1v) is 15.0. The summed E-state index contributed by atoms with van der Waals surface area (Å²) in [6, 6.07) is 14.2. The molecule has 0 fully saturated rings. The highest BCUT2D eigenvalue weighted by Gasteiger charge is 2.35. The monoisotopic (exact) mass is 626 g/mol. The number of hydrogen-bond donors (Lipinski definition) is 2. The van der Waals surface area contributed by atoms with E-state index >= 15 is 4.39 Å². The smallest absolute Gasteiger partial charge is 0.337 e. The van der Waals surface area contributed by atoms with Gasteiger partial charge in [0.2, 0.25) is 0 Å². The Hall–Kier alpha value is -5.10. The minimum atomic E-state index is -1.46. The number of nitrogens with zero attached hydrogens (tertiary/aromatic N) is 5. The average molecular weight is 627 g/mol. The number of carboxylic acid groups (broad SMARTS) is 1. The van der Waals surface area contributed by atoms with E-state index in [1.54, 1.807) is 45.5 Å². The van der Waals surface area contributed by atoms with Crippen molar-refractivity contribution in [1.82, 2.24) is 24.4 Å². The van der Waals surface area contributed by atoms with Gasteiger partial charge in [-0.05, 0) is 59.1 Å². The van der Waals surface area contributed by atoms with Crippen LogP contribution in [0.1, 0.15) is 66.2 Å². The summed E-state index contributed by atoms with van der Waals surface area (Å²) in [5.41, 5.74) is 3.70. The number of aryl methyl sites for hydroxylation is 2. The van der Waals surface area contributed by atoms with Crippen LogP contribution in [0.5, 0.6) is 5.75 Å². The van der Waals surface area contributed by atoms with Crippen molar-refractivity contribution in [3.63, 3.8) is 0 Å². The molecule has 1 aliphatic heterocycles. The number of amides is 1. The zero-order valence-corrected chi connectivity index (χ0v) is 26.5. The maximum atomic E-state index is 15.6. The molecular formula is C34H35FN6O5. The normalized spacial score (nSPS) is 13.7. The van der Waals surface area contributed by atoms with Crippen LogP contribution in [0.25, 0.3) is 28.2 Å². The van der Waals surface area contributed by atoms with Gasteiger partial charge in [0.25, 0.3) is 5.91 Å². The van der Waals surface area contributed by atoms with E-state index in [0.717, 1.165) is 5.56 Å². The summed E-state index contributed by atoms with van der Waals surface area (Å²) in [5, 5.41) is 22.4. The number of nitrogens with one attached hydrogen (secondary N) is 1. The molecule has 3 aromatic heterocycles. The second-order valence-electron chi connectivity index (χ2n) is 12.4. The Balaban J connectivity index is 1.51. The first kappa shape index (κ1) is 30.9. The summed E-state index contributed by atoms with van der Waals surface area (Å²) < 4.78 is 30.3. The lowest BCUT2D eigenvalue weighted by Crippen LogP contribution is -2.29. The second-order valence-corrected chi connectivity index (χ2v) is 12.4. The SMILES string of the molecule is Cc1nc2cc(C(=O)Nc3cc(-c4ccccc4)nn3C)nn2c(-c2cc(F)c3c(c2C)CCCO3)c1C(OC(C)(C)C)C(=O)O. The van der Waals surface area contributed by atoms with Crippen LogP contribution in [0.2, 0.25) is 0 Å². The van der Waals surface area contributed by atoms with E-state index in [0.29, 0.717) is 53.3 Å². The van der Waals surface area contributed by atoms with Crippen LogP contribution in [0, 0.1) is 19.7 Å². The van der Waals surface area contributed by atoms with Crippen molar-refractivity contribution in [3.8, 4) is 28.3 Å². The van der Waals surface area contributed by atoms with Crippen molar-refractivity contribution in [1.29, 1.82) is 0 Å². The van der Waals surface area contributed by atoms with E-state index < -0.39 is 29.4 Å². The molecule has 1 amide bonds. The molecule has 0 aliphatic carbocycles. The summed E-state index contributed by atoms with van der Waals surface area (Å²) in [4.78, 5) is 31.0. The fourth-order valence-corrected chi connectivity index (χ4v) is 5.82. The third-order valence-corrected chi connectivity index (χ3v) is 7.90. The van der Waals surface area contributed by atoms with E-state index in [2.05, 4.69) is 20.5 Å². The van der Waals surface area contributed by atoms with E-state index in [1.807, 2.05) is 37.3 Å². The Bertz CT molecular complexity index is 1990. The van der Waals surface area contributed by atoms with Gasteiger partial charge in [-0.25, -0.2) is 18.7 Å². The fraction of sp³-hybridized carbons (Fsp3) is 0.324. The lowest BCUT2D eigenvalue weighted by molar-refractivity contribution is -0.160. The number of carboxylic acids is 1. The predicted molar refractivity (Wildman–Crippen MR) is 169 cm³/mol. The summed E-state index contributed by atoms with van der Waals surface area (Å²) in [5.74, 6) is -1.69. The first-order chi connectivity index (χ1) is 21.8. The van der Waals surface area contributed by atoms with Crippen LogP contribution in [0.3, 0.4) is 0 Å². The molecule has 0 bridgehead atoms. The number of hydrogen-bond acceptors (Lipinski definition) is 7. The number of halogens is 1. The minimum Gasteiger partial charge on any atom is -0.490 e. The summed E-state index contributed by atoms with van der Waals surface area (Å²) in [6.07, 6.45) is -0.155. The van der Waals surface area contributed by atoms with E-state index in [4.69, 9.17) is 9.47 Å². The largest absolute Gasteiger partial charge is 0.490 e. The first-order valence-electron chi connectivity index (χ1n) is 15.0. The van der Waals surface area contributed by atoms with Gasteiger partial charge < -0.3 is 19.9 Å². The summed E-state index contributed by atoms with van der Waals surface area (Å²) >= 11 is 0. The molecule has 5 aromatic rings. The van der Waals surface area contributed by atoms with Crippen LogP contribution in [0.4, 0.5) is 10.2 Å². The van der Waals surface area contributed by atoms with E-state index in [1.165, 1.54) is 16.6 Å². The maximum absolute atomic E-state index is 15.6.